The quantitative estimate of drug-likeness (QED) is 0.866. The Morgan fingerprint density at radius 3 is 2.76 bits per heavy atom. The molecule has 2 atom stereocenters. The zero-order valence-corrected chi connectivity index (χ0v) is 13.2. The summed E-state index contributed by atoms with van der Waals surface area (Å²) in [7, 11) is -1.84. The molecule has 118 valence electrons. The highest BCUT2D eigenvalue weighted by Gasteiger charge is 2.29. The maximum atomic E-state index is 14.0. The molecule has 5 nitrogen and oxygen atoms in total. The van der Waals surface area contributed by atoms with Crippen LogP contribution in [0.2, 0.25) is 0 Å². The van der Waals surface area contributed by atoms with E-state index in [-0.39, 0.29) is 23.4 Å². The van der Waals surface area contributed by atoms with Crippen LogP contribution < -0.4 is 10.5 Å². The molecule has 0 aromatic heterocycles. The molecule has 0 aliphatic carbocycles. The molecule has 0 bridgehead atoms. The highest BCUT2D eigenvalue weighted by atomic mass is 32.2. The summed E-state index contributed by atoms with van der Waals surface area (Å²) in [5, 5.41) is 0. The average Bonchev–Trinajstić information content (AvgIpc) is 2.41. The lowest BCUT2D eigenvalue weighted by molar-refractivity contribution is 0.188. The second-order valence-corrected chi connectivity index (χ2v) is 7.41. The number of nitrogens with zero attached hydrogens (tertiary/aromatic N) is 1. The van der Waals surface area contributed by atoms with E-state index in [1.165, 1.54) is 18.2 Å². The Labute approximate surface area is 125 Å². The molecular formula is C14H22FN3O2S. The third-order valence-electron chi connectivity index (χ3n) is 3.94. The van der Waals surface area contributed by atoms with Crippen LogP contribution in [0.4, 0.5) is 4.39 Å². The van der Waals surface area contributed by atoms with Crippen LogP contribution in [0.5, 0.6) is 0 Å². The van der Waals surface area contributed by atoms with Crippen molar-refractivity contribution in [3.05, 3.63) is 29.6 Å². The van der Waals surface area contributed by atoms with Gasteiger partial charge in [0.2, 0.25) is 10.0 Å². The van der Waals surface area contributed by atoms with Crippen molar-refractivity contribution >= 4 is 10.0 Å². The summed E-state index contributed by atoms with van der Waals surface area (Å²) in [4.78, 5) is 1.84. The van der Waals surface area contributed by atoms with Crippen molar-refractivity contribution in [2.45, 2.75) is 30.8 Å². The minimum absolute atomic E-state index is 0.167. The molecule has 0 spiro atoms. The zero-order chi connectivity index (χ0) is 15.6. The lowest BCUT2D eigenvalue weighted by atomic mass is 9.95. The van der Waals surface area contributed by atoms with Crippen molar-refractivity contribution in [2.24, 2.45) is 11.7 Å². The highest BCUT2D eigenvalue weighted by molar-refractivity contribution is 7.89. The normalized spacial score (nSPS) is 24.2. The van der Waals surface area contributed by atoms with Crippen LogP contribution in [0.15, 0.2) is 23.1 Å². The topological polar surface area (TPSA) is 75.4 Å². The van der Waals surface area contributed by atoms with Gasteiger partial charge in [-0.25, -0.2) is 17.5 Å². The third kappa shape index (κ3) is 3.79. The fraction of sp³-hybridized carbons (Fsp3) is 0.571. The second kappa shape index (κ2) is 6.39. The number of nitrogens with one attached hydrogen (secondary N) is 1. The summed E-state index contributed by atoms with van der Waals surface area (Å²) in [5.74, 6) is -0.573. The SMILES string of the molecule is CC1CN(C)CCC1NS(=O)(=O)c1ccc(CN)cc1F. The zero-order valence-electron chi connectivity index (χ0n) is 12.3. The van der Waals surface area contributed by atoms with Gasteiger partial charge >= 0.3 is 0 Å². The number of hydrogen-bond donors (Lipinski definition) is 2. The van der Waals surface area contributed by atoms with Gasteiger partial charge in [0.1, 0.15) is 10.7 Å². The van der Waals surface area contributed by atoms with E-state index in [1.54, 1.807) is 0 Å². The van der Waals surface area contributed by atoms with Crippen molar-refractivity contribution in [1.82, 2.24) is 9.62 Å². The minimum Gasteiger partial charge on any atom is -0.326 e. The third-order valence-corrected chi connectivity index (χ3v) is 5.46. The van der Waals surface area contributed by atoms with Gasteiger partial charge < -0.3 is 10.6 Å². The number of hydrogen-bond acceptors (Lipinski definition) is 4. The lowest BCUT2D eigenvalue weighted by Gasteiger charge is -2.34. The van der Waals surface area contributed by atoms with Crippen molar-refractivity contribution in [3.63, 3.8) is 0 Å². The van der Waals surface area contributed by atoms with Gasteiger partial charge in [-0.3, -0.25) is 0 Å². The number of piperidine rings is 1. The van der Waals surface area contributed by atoms with Crippen molar-refractivity contribution < 1.29 is 12.8 Å². The molecule has 1 aromatic carbocycles. The molecule has 1 saturated heterocycles. The fourth-order valence-corrected chi connectivity index (χ4v) is 4.12. The van der Waals surface area contributed by atoms with Crippen molar-refractivity contribution in [1.29, 1.82) is 0 Å². The molecule has 1 heterocycles. The molecule has 0 amide bonds. The van der Waals surface area contributed by atoms with Crippen LogP contribution in [0, 0.1) is 11.7 Å². The van der Waals surface area contributed by atoms with Crippen LogP contribution in [0.3, 0.4) is 0 Å². The van der Waals surface area contributed by atoms with Crippen LogP contribution in [-0.4, -0.2) is 39.5 Å². The van der Waals surface area contributed by atoms with E-state index in [1.807, 2.05) is 14.0 Å². The van der Waals surface area contributed by atoms with E-state index in [9.17, 15) is 12.8 Å². The van der Waals surface area contributed by atoms with Gasteiger partial charge in [-0.1, -0.05) is 13.0 Å². The van der Waals surface area contributed by atoms with Crippen molar-refractivity contribution in [2.75, 3.05) is 20.1 Å². The average molecular weight is 315 g/mol. The Morgan fingerprint density at radius 2 is 2.19 bits per heavy atom. The van der Waals surface area contributed by atoms with E-state index in [4.69, 9.17) is 5.73 Å². The van der Waals surface area contributed by atoms with Gasteiger partial charge in [0.25, 0.3) is 0 Å². The molecule has 21 heavy (non-hydrogen) atoms. The smallest absolute Gasteiger partial charge is 0.243 e. The molecule has 0 saturated carbocycles. The summed E-state index contributed by atoms with van der Waals surface area (Å²) in [6.07, 6.45) is 0.722. The number of halogens is 1. The second-order valence-electron chi connectivity index (χ2n) is 5.72. The summed E-state index contributed by atoms with van der Waals surface area (Å²) >= 11 is 0. The number of nitrogens with two attached hydrogens (primary N) is 1. The lowest BCUT2D eigenvalue weighted by Crippen LogP contribution is -2.48. The first-order chi connectivity index (χ1) is 9.83. The van der Waals surface area contributed by atoms with Crippen LogP contribution in [0.1, 0.15) is 18.9 Å². The summed E-state index contributed by atoms with van der Waals surface area (Å²) in [6.45, 7) is 3.82. The number of likely N-dealkylation sites (tertiary alicyclic amines) is 1. The Kier molecular flexibility index (Phi) is 4.98. The highest BCUT2D eigenvalue weighted by Crippen LogP contribution is 2.21. The number of benzene rings is 1. The van der Waals surface area contributed by atoms with Gasteiger partial charge in [-0.05, 0) is 43.6 Å². The van der Waals surface area contributed by atoms with E-state index in [2.05, 4.69) is 9.62 Å². The molecule has 1 fully saturated rings. The Bertz CT molecular complexity index is 606. The van der Waals surface area contributed by atoms with Gasteiger partial charge in [0.05, 0.1) is 0 Å². The maximum Gasteiger partial charge on any atom is 0.243 e. The van der Waals surface area contributed by atoms with E-state index >= 15 is 0 Å². The monoisotopic (exact) mass is 315 g/mol. The molecule has 1 aliphatic rings. The molecule has 0 radical (unpaired) electrons. The van der Waals surface area contributed by atoms with Crippen molar-refractivity contribution in [3.8, 4) is 0 Å². The van der Waals surface area contributed by atoms with E-state index in [0.717, 1.165) is 19.5 Å². The fourth-order valence-electron chi connectivity index (χ4n) is 2.68. The molecule has 1 aliphatic heterocycles. The minimum atomic E-state index is -3.85. The van der Waals surface area contributed by atoms with Crippen LogP contribution >= 0.6 is 0 Å². The first-order valence-electron chi connectivity index (χ1n) is 7.03. The van der Waals surface area contributed by atoms with Crippen LogP contribution in [-0.2, 0) is 16.6 Å². The molecule has 2 unspecified atom stereocenters. The molecule has 2 rings (SSSR count). The van der Waals surface area contributed by atoms with Crippen LogP contribution in [0.25, 0.3) is 0 Å². The Hall–Kier alpha value is -1.02. The first-order valence-corrected chi connectivity index (χ1v) is 8.51. The van der Waals surface area contributed by atoms with Gasteiger partial charge in [0.15, 0.2) is 0 Å². The van der Waals surface area contributed by atoms with Gasteiger partial charge in [-0.15, -0.1) is 0 Å². The largest absolute Gasteiger partial charge is 0.326 e. The van der Waals surface area contributed by atoms with Gasteiger partial charge in [0, 0.05) is 19.1 Å². The van der Waals surface area contributed by atoms with E-state index in [0.29, 0.717) is 5.56 Å². The molecule has 7 heteroatoms. The molecule has 1 aromatic rings. The van der Waals surface area contributed by atoms with Gasteiger partial charge in [-0.2, -0.15) is 0 Å². The first kappa shape index (κ1) is 16.4. The standard InChI is InChI=1S/C14H22FN3O2S/c1-10-9-18(2)6-5-13(10)17-21(19,20)14-4-3-11(8-16)7-12(14)15/h3-4,7,10,13,17H,5-6,8-9,16H2,1-2H3. The number of rotatable bonds is 4. The predicted molar refractivity (Wildman–Crippen MR) is 79.7 cm³/mol. The Morgan fingerprint density at radius 1 is 1.48 bits per heavy atom. The summed E-state index contributed by atoms with van der Waals surface area (Å²) in [5.41, 5.74) is 5.99. The van der Waals surface area contributed by atoms with E-state index < -0.39 is 15.8 Å². The summed E-state index contributed by atoms with van der Waals surface area (Å²) < 4.78 is 41.3. The predicted octanol–water partition coefficient (Wildman–Crippen LogP) is 0.903. The maximum absolute atomic E-state index is 14.0. The number of sulfonamides is 1. The molecular weight excluding hydrogens is 293 g/mol. The molecule has 3 N–H and O–H groups in total. The summed E-state index contributed by atoms with van der Waals surface area (Å²) in [6, 6.07) is 3.82. The Balaban J connectivity index is 2.19.